The van der Waals surface area contributed by atoms with Gasteiger partial charge >= 0.3 is 0 Å². The Morgan fingerprint density at radius 3 is 2.77 bits per heavy atom. The molecule has 4 rings (SSSR count). The number of rotatable bonds is 5. The summed E-state index contributed by atoms with van der Waals surface area (Å²) in [4.78, 5) is 19.4. The fraction of sp³-hybridized carbons (Fsp3) is 0.318. The van der Waals surface area contributed by atoms with Gasteiger partial charge in [0.05, 0.1) is 17.3 Å². The van der Waals surface area contributed by atoms with Crippen molar-refractivity contribution in [2.24, 2.45) is 5.92 Å². The van der Waals surface area contributed by atoms with Gasteiger partial charge in [-0.2, -0.15) is 4.98 Å². The number of hydrogen-bond acceptors (Lipinski definition) is 5. The van der Waals surface area contributed by atoms with E-state index >= 15 is 0 Å². The van der Waals surface area contributed by atoms with Crippen molar-refractivity contribution in [3.63, 3.8) is 0 Å². The van der Waals surface area contributed by atoms with Crippen LogP contribution >= 0.6 is 23.2 Å². The molecule has 0 atom stereocenters. The average Bonchev–Trinajstić information content (AvgIpc) is 3.20. The highest BCUT2D eigenvalue weighted by Crippen LogP contribution is 2.27. The molecule has 1 N–H and O–H groups in total. The molecule has 0 aliphatic carbocycles. The third-order valence-electron chi connectivity index (χ3n) is 5.24. The van der Waals surface area contributed by atoms with Gasteiger partial charge < -0.3 is 9.84 Å². The average molecular weight is 445 g/mol. The summed E-state index contributed by atoms with van der Waals surface area (Å²) in [7, 11) is 0. The quantitative estimate of drug-likeness (QED) is 0.585. The highest BCUT2D eigenvalue weighted by molar-refractivity contribution is 6.35. The van der Waals surface area contributed by atoms with E-state index in [-0.39, 0.29) is 11.8 Å². The molecule has 1 amide bonds. The second-order valence-corrected chi connectivity index (χ2v) is 8.39. The third-order valence-corrected chi connectivity index (χ3v) is 5.81. The molecule has 1 aromatic heterocycles. The summed E-state index contributed by atoms with van der Waals surface area (Å²) in [5.74, 6) is 1.09. The minimum Gasteiger partial charge on any atom is -0.334 e. The molecule has 1 aliphatic heterocycles. The van der Waals surface area contributed by atoms with Crippen LogP contribution in [-0.2, 0) is 11.3 Å². The molecule has 6 nitrogen and oxygen atoms in total. The monoisotopic (exact) mass is 444 g/mol. The van der Waals surface area contributed by atoms with Crippen molar-refractivity contribution in [1.29, 1.82) is 0 Å². The van der Waals surface area contributed by atoms with E-state index in [1.807, 2.05) is 31.2 Å². The number of benzene rings is 2. The maximum absolute atomic E-state index is 12.6. The zero-order chi connectivity index (χ0) is 21.1. The first kappa shape index (κ1) is 20.8. The summed E-state index contributed by atoms with van der Waals surface area (Å²) < 4.78 is 5.42. The Balaban J connectivity index is 1.31. The van der Waals surface area contributed by atoms with Gasteiger partial charge in [-0.15, -0.1) is 0 Å². The Bertz CT molecular complexity index is 1050. The van der Waals surface area contributed by atoms with E-state index in [0.717, 1.165) is 37.1 Å². The number of aromatic nitrogens is 2. The molecule has 0 radical (unpaired) electrons. The fourth-order valence-corrected chi connectivity index (χ4v) is 3.93. The number of anilines is 1. The summed E-state index contributed by atoms with van der Waals surface area (Å²) >= 11 is 12.1. The number of amides is 1. The Kier molecular flexibility index (Phi) is 6.37. The number of likely N-dealkylation sites (tertiary alicyclic amines) is 1. The molecule has 1 fully saturated rings. The standard InChI is InChI=1S/C22H22Cl2N4O2/c1-14-3-2-4-16(11-14)22-26-20(27-30-22)13-28-9-7-15(8-10-28)21(29)25-19-12-17(23)5-6-18(19)24/h2-6,11-12,15H,7-10,13H2,1H3,(H,25,29). The SMILES string of the molecule is Cc1cccc(-c2nc(CN3CCC(C(=O)Nc4cc(Cl)ccc4Cl)CC3)no2)c1. The molecule has 2 aromatic carbocycles. The second kappa shape index (κ2) is 9.16. The van der Waals surface area contributed by atoms with Crippen molar-refractivity contribution in [2.45, 2.75) is 26.3 Å². The molecule has 30 heavy (non-hydrogen) atoms. The molecule has 3 aromatic rings. The van der Waals surface area contributed by atoms with E-state index in [1.54, 1.807) is 18.2 Å². The first-order valence-corrected chi connectivity index (χ1v) is 10.6. The van der Waals surface area contributed by atoms with E-state index in [2.05, 4.69) is 20.4 Å². The summed E-state index contributed by atoms with van der Waals surface area (Å²) in [6.45, 7) is 4.20. The zero-order valence-electron chi connectivity index (χ0n) is 16.6. The zero-order valence-corrected chi connectivity index (χ0v) is 18.1. The van der Waals surface area contributed by atoms with Gasteiger partial charge in [0.2, 0.25) is 5.91 Å². The summed E-state index contributed by atoms with van der Waals surface area (Å²) in [6.07, 6.45) is 1.51. The van der Waals surface area contributed by atoms with Crippen LogP contribution in [0.3, 0.4) is 0 Å². The number of carbonyl (C=O) groups is 1. The van der Waals surface area contributed by atoms with Crippen LogP contribution in [-0.4, -0.2) is 34.0 Å². The van der Waals surface area contributed by atoms with Crippen LogP contribution in [0, 0.1) is 12.8 Å². The lowest BCUT2D eigenvalue weighted by atomic mass is 9.96. The number of carbonyl (C=O) groups excluding carboxylic acids is 1. The van der Waals surface area contributed by atoms with Gasteiger partial charge in [-0.25, -0.2) is 0 Å². The van der Waals surface area contributed by atoms with E-state index in [1.165, 1.54) is 0 Å². The highest BCUT2D eigenvalue weighted by Gasteiger charge is 2.26. The highest BCUT2D eigenvalue weighted by atomic mass is 35.5. The molecule has 1 aliphatic rings. The lowest BCUT2D eigenvalue weighted by molar-refractivity contribution is -0.121. The first-order valence-electron chi connectivity index (χ1n) is 9.86. The van der Waals surface area contributed by atoms with Crippen LogP contribution in [0.2, 0.25) is 10.0 Å². The fourth-order valence-electron chi connectivity index (χ4n) is 3.59. The molecule has 1 saturated heterocycles. The van der Waals surface area contributed by atoms with Crippen molar-refractivity contribution >= 4 is 34.8 Å². The van der Waals surface area contributed by atoms with Crippen molar-refractivity contribution < 1.29 is 9.32 Å². The smallest absolute Gasteiger partial charge is 0.257 e. The topological polar surface area (TPSA) is 71.3 Å². The summed E-state index contributed by atoms with van der Waals surface area (Å²) in [5.41, 5.74) is 2.61. The van der Waals surface area contributed by atoms with Crippen molar-refractivity contribution in [2.75, 3.05) is 18.4 Å². The molecule has 0 unspecified atom stereocenters. The van der Waals surface area contributed by atoms with Gasteiger partial charge in [0.1, 0.15) is 0 Å². The van der Waals surface area contributed by atoms with Gasteiger partial charge in [-0.3, -0.25) is 9.69 Å². The maximum Gasteiger partial charge on any atom is 0.257 e. The van der Waals surface area contributed by atoms with Crippen LogP contribution in [0.4, 0.5) is 5.69 Å². The predicted molar refractivity (Wildman–Crippen MR) is 118 cm³/mol. The number of hydrogen-bond donors (Lipinski definition) is 1. The summed E-state index contributed by atoms with van der Waals surface area (Å²) in [6, 6.07) is 13.0. The lowest BCUT2D eigenvalue weighted by Crippen LogP contribution is -2.38. The normalized spacial score (nSPS) is 15.3. The minimum absolute atomic E-state index is 0.0277. The van der Waals surface area contributed by atoms with E-state index in [4.69, 9.17) is 27.7 Å². The number of nitrogens with one attached hydrogen (secondary N) is 1. The molecular formula is C22H22Cl2N4O2. The first-order chi connectivity index (χ1) is 14.5. The Morgan fingerprint density at radius 2 is 2.00 bits per heavy atom. The number of halogens is 2. The summed E-state index contributed by atoms with van der Waals surface area (Å²) in [5, 5.41) is 8.02. The molecular weight excluding hydrogens is 423 g/mol. The van der Waals surface area contributed by atoms with Gasteiger partial charge in [0, 0.05) is 16.5 Å². The molecule has 2 heterocycles. The van der Waals surface area contributed by atoms with Crippen LogP contribution in [0.5, 0.6) is 0 Å². The Labute approximate surface area is 185 Å². The van der Waals surface area contributed by atoms with Crippen LogP contribution < -0.4 is 5.32 Å². The molecule has 0 saturated carbocycles. The van der Waals surface area contributed by atoms with E-state index in [9.17, 15) is 4.79 Å². The molecule has 0 bridgehead atoms. The number of nitrogens with zero attached hydrogens (tertiary/aromatic N) is 3. The van der Waals surface area contributed by atoms with Crippen LogP contribution in [0.1, 0.15) is 24.2 Å². The van der Waals surface area contributed by atoms with Gasteiger partial charge in [-0.1, -0.05) is 46.1 Å². The molecule has 0 spiro atoms. The van der Waals surface area contributed by atoms with Gasteiger partial charge in [0.15, 0.2) is 5.82 Å². The lowest BCUT2D eigenvalue weighted by Gasteiger charge is -2.30. The van der Waals surface area contributed by atoms with Crippen molar-refractivity contribution in [1.82, 2.24) is 15.0 Å². The number of aryl methyl sites for hydroxylation is 1. The second-order valence-electron chi connectivity index (χ2n) is 7.55. The van der Waals surface area contributed by atoms with E-state index < -0.39 is 0 Å². The van der Waals surface area contributed by atoms with Crippen LogP contribution in [0.25, 0.3) is 11.5 Å². The van der Waals surface area contributed by atoms with Crippen LogP contribution in [0.15, 0.2) is 47.0 Å². The molecule has 156 valence electrons. The number of piperidine rings is 1. The van der Waals surface area contributed by atoms with Crippen molar-refractivity contribution in [3.8, 4) is 11.5 Å². The molecule has 8 heteroatoms. The minimum atomic E-state index is -0.0654. The predicted octanol–water partition coefficient (Wildman–Crippen LogP) is 5.20. The third kappa shape index (κ3) is 5.01. The largest absolute Gasteiger partial charge is 0.334 e. The Morgan fingerprint density at radius 1 is 1.20 bits per heavy atom. The maximum atomic E-state index is 12.6. The van der Waals surface area contributed by atoms with Gasteiger partial charge in [-0.05, 0) is 63.2 Å². The Hall–Kier alpha value is -2.41. The van der Waals surface area contributed by atoms with Crippen molar-refractivity contribution in [3.05, 3.63) is 63.9 Å². The van der Waals surface area contributed by atoms with E-state index in [0.29, 0.717) is 34.0 Å². The van der Waals surface area contributed by atoms with Gasteiger partial charge in [0.25, 0.3) is 5.89 Å².